The van der Waals surface area contributed by atoms with Gasteiger partial charge in [0.15, 0.2) is 0 Å². The smallest absolute Gasteiger partial charge is 0.120 e. The van der Waals surface area contributed by atoms with E-state index in [1.807, 2.05) is 0 Å². The molecule has 0 saturated heterocycles. The maximum atomic E-state index is 10.2. The van der Waals surface area contributed by atoms with Gasteiger partial charge in [0, 0.05) is 6.42 Å². The van der Waals surface area contributed by atoms with Crippen LogP contribution in [0.25, 0.3) is 0 Å². The number of rotatable bonds is 2. The minimum Gasteiger partial charge on any atom is -0.303 e. The van der Waals surface area contributed by atoms with Crippen LogP contribution in [0.15, 0.2) is 12.2 Å². The lowest BCUT2D eigenvalue weighted by molar-refractivity contribution is -0.108. The summed E-state index contributed by atoms with van der Waals surface area (Å²) in [5.41, 5.74) is 0.361. The third kappa shape index (κ3) is 2.49. The first kappa shape index (κ1) is 8.51. The predicted molar refractivity (Wildman–Crippen MR) is 46.3 cm³/mol. The van der Waals surface area contributed by atoms with Crippen molar-refractivity contribution in [3.05, 3.63) is 12.2 Å². The van der Waals surface area contributed by atoms with Crippen LogP contribution in [0.3, 0.4) is 0 Å². The Morgan fingerprint density at radius 1 is 1.64 bits per heavy atom. The van der Waals surface area contributed by atoms with Crippen molar-refractivity contribution in [3.63, 3.8) is 0 Å². The molecule has 0 radical (unpaired) electrons. The molecule has 0 spiro atoms. The van der Waals surface area contributed by atoms with Crippen LogP contribution in [-0.2, 0) is 4.79 Å². The Balaban J connectivity index is 2.49. The zero-order valence-corrected chi connectivity index (χ0v) is 7.34. The second-order valence-corrected chi connectivity index (χ2v) is 4.05. The number of carbonyl (C=O) groups excluding carboxylic acids is 1. The summed E-state index contributed by atoms with van der Waals surface area (Å²) in [5, 5.41) is 0. The molecule has 1 rings (SSSR count). The molecule has 0 amide bonds. The highest BCUT2D eigenvalue weighted by Crippen LogP contribution is 2.32. The molecule has 1 aliphatic rings. The van der Waals surface area contributed by atoms with Gasteiger partial charge in [0.1, 0.15) is 6.29 Å². The van der Waals surface area contributed by atoms with Crippen LogP contribution in [0, 0.1) is 11.3 Å². The second-order valence-electron chi connectivity index (χ2n) is 4.05. The fourth-order valence-electron chi connectivity index (χ4n) is 1.45. The van der Waals surface area contributed by atoms with E-state index in [9.17, 15) is 4.79 Å². The molecular formula is C10H16O. The number of hydrogen-bond donors (Lipinski definition) is 0. The summed E-state index contributed by atoms with van der Waals surface area (Å²) < 4.78 is 0. The van der Waals surface area contributed by atoms with Gasteiger partial charge >= 0.3 is 0 Å². The van der Waals surface area contributed by atoms with Gasteiger partial charge in [0.05, 0.1) is 0 Å². The molecule has 0 saturated carbocycles. The maximum absolute atomic E-state index is 10.2. The van der Waals surface area contributed by atoms with Gasteiger partial charge < -0.3 is 4.79 Å². The molecule has 11 heavy (non-hydrogen) atoms. The molecule has 0 aromatic carbocycles. The molecule has 0 fully saturated rings. The number of carbonyl (C=O) groups is 1. The third-order valence-corrected chi connectivity index (χ3v) is 2.38. The Morgan fingerprint density at radius 3 is 2.82 bits per heavy atom. The summed E-state index contributed by atoms with van der Waals surface area (Å²) in [6, 6.07) is 0. The molecule has 1 atom stereocenters. The molecule has 1 nitrogen and oxygen atoms in total. The maximum Gasteiger partial charge on any atom is 0.120 e. The quantitative estimate of drug-likeness (QED) is 0.439. The molecule has 62 valence electrons. The van der Waals surface area contributed by atoms with Gasteiger partial charge in [0.2, 0.25) is 0 Å². The zero-order valence-electron chi connectivity index (χ0n) is 7.34. The van der Waals surface area contributed by atoms with Crippen LogP contribution in [-0.4, -0.2) is 6.29 Å². The summed E-state index contributed by atoms with van der Waals surface area (Å²) in [6.07, 6.45) is 8.53. The zero-order chi connectivity index (χ0) is 8.32. The topological polar surface area (TPSA) is 17.1 Å². The summed E-state index contributed by atoms with van der Waals surface area (Å²) in [6.45, 7) is 4.47. The molecular weight excluding hydrogens is 136 g/mol. The van der Waals surface area contributed by atoms with E-state index in [-0.39, 0.29) is 0 Å². The first-order chi connectivity index (χ1) is 5.14. The molecule has 0 bridgehead atoms. The average Bonchev–Trinajstić information content (AvgIpc) is 1.94. The molecule has 0 aromatic heterocycles. The number of hydrogen-bond acceptors (Lipinski definition) is 1. The normalized spacial score (nSPS) is 28.4. The van der Waals surface area contributed by atoms with Gasteiger partial charge in [0.25, 0.3) is 0 Å². The van der Waals surface area contributed by atoms with Crippen molar-refractivity contribution in [1.29, 1.82) is 0 Å². The van der Waals surface area contributed by atoms with Crippen molar-refractivity contribution in [2.45, 2.75) is 33.1 Å². The Kier molecular flexibility index (Phi) is 2.48. The van der Waals surface area contributed by atoms with Gasteiger partial charge in [-0.1, -0.05) is 26.0 Å². The predicted octanol–water partition coefficient (Wildman–Crippen LogP) is 2.57. The monoisotopic (exact) mass is 152 g/mol. The minimum atomic E-state index is 0.361. The number of aldehydes is 1. The minimum absolute atomic E-state index is 0.361. The number of allylic oxidation sites excluding steroid dienone is 2. The Labute approximate surface area is 68.5 Å². The summed E-state index contributed by atoms with van der Waals surface area (Å²) in [4.78, 5) is 10.2. The lowest BCUT2D eigenvalue weighted by Crippen LogP contribution is -2.15. The van der Waals surface area contributed by atoms with Crippen LogP contribution in [0.5, 0.6) is 0 Å². The van der Waals surface area contributed by atoms with Crippen LogP contribution < -0.4 is 0 Å². The molecule has 1 heteroatoms. The molecule has 1 aliphatic carbocycles. The fraction of sp³-hybridized carbons (Fsp3) is 0.700. The lowest BCUT2D eigenvalue weighted by atomic mass is 9.78. The first-order valence-electron chi connectivity index (χ1n) is 4.27. The van der Waals surface area contributed by atoms with Crippen molar-refractivity contribution in [2.24, 2.45) is 11.3 Å². The molecule has 1 unspecified atom stereocenters. The lowest BCUT2D eigenvalue weighted by Gasteiger charge is -2.27. The van der Waals surface area contributed by atoms with Crippen molar-refractivity contribution in [1.82, 2.24) is 0 Å². The highest BCUT2D eigenvalue weighted by Gasteiger charge is 2.20. The van der Waals surface area contributed by atoms with Gasteiger partial charge in [-0.15, -0.1) is 0 Å². The summed E-state index contributed by atoms with van der Waals surface area (Å²) >= 11 is 0. The van der Waals surface area contributed by atoms with Crippen molar-refractivity contribution in [3.8, 4) is 0 Å². The molecule has 0 aliphatic heterocycles. The Hall–Kier alpha value is -0.590. The highest BCUT2D eigenvalue weighted by molar-refractivity contribution is 5.50. The van der Waals surface area contributed by atoms with Crippen molar-refractivity contribution in [2.75, 3.05) is 0 Å². The summed E-state index contributed by atoms with van der Waals surface area (Å²) in [5.74, 6) is 0.514. The Bertz CT molecular complexity index is 168. The van der Waals surface area contributed by atoms with Crippen molar-refractivity contribution >= 4 is 6.29 Å². The standard InChI is InChI=1S/C10H16O/c1-10(2)6-3-9(4-7-10)5-8-11/h3,6,8-9H,4-5,7H2,1-2H3. The van der Waals surface area contributed by atoms with E-state index < -0.39 is 0 Å². The Morgan fingerprint density at radius 2 is 2.36 bits per heavy atom. The molecule has 0 N–H and O–H groups in total. The molecule has 0 aromatic rings. The third-order valence-electron chi connectivity index (χ3n) is 2.38. The van der Waals surface area contributed by atoms with Gasteiger partial charge in [-0.05, 0) is 24.2 Å². The summed E-state index contributed by atoms with van der Waals surface area (Å²) in [7, 11) is 0. The van der Waals surface area contributed by atoms with Crippen LogP contribution in [0.2, 0.25) is 0 Å². The van der Waals surface area contributed by atoms with Crippen LogP contribution in [0.1, 0.15) is 33.1 Å². The van der Waals surface area contributed by atoms with E-state index in [0.29, 0.717) is 17.8 Å². The van der Waals surface area contributed by atoms with E-state index in [0.717, 1.165) is 6.29 Å². The SMILES string of the molecule is CC1(C)C=CC(CC=O)CC1. The van der Waals surface area contributed by atoms with E-state index in [2.05, 4.69) is 26.0 Å². The van der Waals surface area contributed by atoms with Gasteiger partial charge in [-0.3, -0.25) is 0 Å². The van der Waals surface area contributed by atoms with E-state index in [1.54, 1.807) is 0 Å². The van der Waals surface area contributed by atoms with Crippen LogP contribution >= 0.6 is 0 Å². The highest BCUT2D eigenvalue weighted by atomic mass is 16.1. The first-order valence-corrected chi connectivity index (χ1v) is 4.27. The van der Waals surface area contributed by atoms with Crippen molar-refractivity contribution < 1.29 is 4.79 Å². The van der Waals surface area contributed by atoms with E-state index >= 15 is 0 Å². The largest absolute Gasteiger partial charge is 0.303 e. The average molecular weight is 152 g/mol. The van der Waals surface area contributed by atoms with Crippen LogP contribution in [0.4, 0.5) is 0 Å². The van der Waals surface area contributed by atoms with Gasteiger partial charge in [-0.25, -0.2) is 0 Å². The van der Waals surface area contributed by atoms with E-state index in [1.165, 1.54) is 12.8 Å². The second kappa shape index (κ2) is 3.21. The fourth-order valence-corrected chi connectivity index (χ4v) is 1.45. The molecule has 0 heterocycles. The van der Waals surface area contributed by atoms with Gasteiger partial charge in [-0.2, -0.15) is 0 Å². The van der Waals surface area contributed by atoms with E-state index in [4.69, 9.17) is 0 Å².